The molecule has 0 heterocycles. The van der Waals surface area contributed by atoms with Crippen molar-refractivity contribution < 1.29 is 41.1 Å². The quantitative estimate of drug-likeness (QED) is 0.164. The van der Waals surface area contributed by atoms with Crippen LogP contribution in [0.15, 0.2) is 181 Å². The van der Waals surface area contributed by atoms with Gasteiger partial charge in [-0.2, -0.15) is 0 Å². The van der Waals surface area contributed by atoms with Gasteiger partial charge in [0.15, 0.2) is 0 Å². The molecule has 226 valence electrons. The number of hydrogen-bond donors (Lipinski definition) is 0. The van der Waals surface area contributed by atoms with Gasteiger partial charge in [-0.1, -0.05) is 169 Å². The summed E-state index contributed by atoms with van der Waals surface area (Å²) in [6.45, 7) is 0. The molecule has 0 aliphatic heterocycles. The third kappa shape index (κ3) is 3.48. The van der Waals surface area contributed by atoms with E-state index in [1.807, 2.05) is 0 Å². The lowest BCUT2D eigenvalue weighted by molar-refractivity contribution is 0.796. The molecule has 0 atom stereocenters. The maximum Gasteiger partial charge on any atom is 0.0731 e. The van der Waals surface area contributed by atoms with Crippen LogP contribution in [0.2, 0.25) is 0 Å². The van der Waals surface area contributed by atoms with E-state index in [4.69, 9.17) is 19.2 Å². The van der Waals surface area contributed by atoms with Crippen LogP contribution in [-0.2, 0) is 5.41 Å². The van der Waals surface area contributed by atoms with E-state index in [1.165, 1.54) is 0 Å². The highest BCUT2D eigenvalue weighted by Gasteiger charge is 2.52. The molecule has 0 bridgehead atoms. The monoisotopic (exact) mass is 648 g/mol. The predicted molar refractivity (Wildman–Crippen MR) is 206 cm³/mol. The third-order valence-electron chi connectivity index (χ3n) is 9.00. The van der Waals surface area contributed by atoms with Crippen LogP contribution in [0.25, 0.3) is 76.8 Å². The normalized spacial score (nSPS) is 22.0. The van der Waals surface area contributed by atoms with Crippen molar-refractivity contribution in [3.8, 4) is 44.5 Å². The van der Waals surface area contributed by atoms with Crippen LogP contribution in [0.1, 0.15) is 63.4 Å². The van der Waals surface area contributed by atoms with Gasteiger partial charge in [-0.3, -0.25) is 0 Å². The molecule has 9 aromatic rings. The van der Waals surface area contributed by atoms with Gasteiger partial charge >= 0.3 is 0 Å². The van der Waals surface area contributed by atoms with Crippen LogP contribution >= 0.6 is 0 Å². The second-order valence-corrected chi connectivity index (χ2v) is 11.2. The molecule has 0 radical (unpaired) electrons. The minimum Gasteiger partial charge on any atom is -0.0619 e. The zero-order valence-electron chi connectivity index (χ0n) is 54.5. The lowest BCUT2D eigenvalue weighted by Crippen LogP contribution is -2.26. The molecule has 0 amide bonds. The molecule has 0 heteroatoms. The molecule has 2 aliphatic carbocycles. The first-order chi connectivity index (χ1) is 36.8. The summed E-state index contributed by atoms with van der Waals surface area (Å²) in [5, 5.41) is -3.42. The average molecular weight is 649 g/mol. The summed E-state index contributed by atoms with van der Waals surface area (Å²) in [4.78, 5) is 0. The van der Waals surface area contributed by atoms with Crippen molar-refractivity contribution in [1.29, 1.82) is 0 Å². The summed E-state index contributed by atoms with van der Waals surface area (Å²) in [6.07, 6.45) is 0. The summed E-state index contributed by atoms with van der Waals surface area (Å²) >= 11 is 0. The van der Waals surface area contributed by atoms with E-state index >= 15 is 0 Å². The molecule has 0 nitrogen and oxygen atoms in total. The fraction of sp³-hybridized carbons (Fsp3) is 0.0204. The number of benzene rings is 9. The zero-order chi connectivity index (χ0) is 58.2. The van der Waals surface area contributed by atoms with Crippen molar-refractivity contribution in [3.63, 3.8) is 0 Å². The zero-order valence-corrected chi connectivity index (χ0v) is 24.5. The van der Waals surface area contributed by atoms with Crippen molar-refractivity contribution in [2.24, 2.45) is 0 Å². The van der Waals surface area contributed by atoms with E-state index in [0.29, 0.717) is 0 Å². The first-order valence-electron chi connectivity index (χ1n) is 29.8. The highest BCUT2D eigenvalue weighted by molar-refractivity contribution is 6.25. The first-order valence-corrected chi connectivity index (χ1v) is 14.8. The molecule has 2 aliphatic rings. The number of fused-ring (bicyclic) bond motifs is 16. The Morgan fingerprint density at radius 1 is 0.286 bits per heavy atom. The Morgan fingerprint density at radius 3 is 1.31 bits per heavy atom. The Bertz CT molecular complexity index is 4390. The van der Waals surface area contributed by atoms with Gasteiger partial charge in [0.1, 0.15) is 0 Å². The summed E-state index contributed by atoms with van der Waals surface area (Å²) in [5.41, 5.74) is -12.1. The maximum absolute atomic E-state index is 10.1. The van der Waals surface area contributed by atoms with Crippen LogP contribution < -0.4 is 0 Å². The van der Waals surface area contributed by atoms with E-state index < -0.39 is 286 Å². The average Bonchev–Trinajstić information content (AvgIpc) is 1.70. The van der Waals surface area contributed by atoms with E-state index in [1.54, 1.807) is 0 Å². The summed E-state index contributed by atoms with van der Waals surface area (Å²) in [6, 6.07) is -29.2. The lowest BCUT2D eigenvalue weighted by atomic mass is 9.68. The van der Waals surface area contributed by atoms with Gasteiger partial charge in [-0.15, -0.1) is 0 Å². The van der Waals surface area contributed by atoms with Gasteiger partial charge in [0.2, 0.25) is 0 Å². The van der Waals surface area contributed by atoms with E-state index in [-0.39, 0.29) is 0 Å². The second-order valence-electron chi connectivity index (χ2n) is 11.2. The highest BCUT2D eigenvalue weighted by atomic mass is 14.5. The van der Waals surface area contributed by atoms with Gasteiger partial charge < -0.3 is 0 Å². The summed E-state index contributed by atoms with van der Waals surface area (Å²) < 4.78 is 276. The van der Waals surface area contributed by atoms with Crippen LogP contribution in [0.4, 0.5) is 0 Å². The minimum atomic E-state index is -2.93. The van der Waals surface area contributed by atoms with Gasteiger partial charge in [0, 0.05) is 0 Å². The minimum absolute atomic E-state index is 0.500. The molecular weight excluding hydrogens is 589 g/mol. The van der Waals surface area contributed by atoms with Crippen molar-refractivity contribution in [2.45, 2.75) is 5.41 Å². The molecule has 0 fully saturated rings. The standard InChI is InChI=1S/C49H30/c1-2-17-37-35(15-1)36-16-3-4-18-38(36)44-30-32(27-28-39(37)44)31-13-11-14-33(29-31)34-22-12-23-43-42-21-7-10-26-47(42)49(48(34)43)45-24-8-5-19-40(45)41-20-6-9-25-46(41)49/h1-30H/i1D,2D,3D,4D,5D,6D,7D,8D,9D,10D,11D,12D,13D,14D,15D,16D,17D,18D,19D,20D,21D,22D,23D,24D,25D,26D,27D,28D,29D,30D. The molecule has 0 N–H and O–H groups in total. The number of rotatable bonds is 2. The molecule has 1 spiro atoms. The van der Waals surface area contributed by atoms with Gasteiger partial charge in [0.05, 0.1) is 46.5 Å². The molecule has 0 aromatic heterocycles. The molecule has 0 unspecified atom stereocenters. The van der Waals surface area contributed by atoms with Crippen LogP contribution in [0, 0.1) is 0 Å². The smallest absolute Gasteiger partial charge is 0.0619 e. The maximum atomic E-state index is 10.1. The topological polar surface area (TPSA) is 0 Å². The van der Waals surface area contributed by atoms with Crippen LogP contribution in [-0.4, -0.2) is 0 Å². The Labute approximate surface area is 327 Å². The van der Waals surface area contributed by atoms with Gasteiger partial charge in [-0.25, -0.2) is 0 Å². The first kappa shape index (κ1) is 10.9. The van der Waals surface area contributed by atoms with Crippen LogP contribution in [0.5, 0.6) is 0 Å². The molecular formula is C49H30. The Morgan fingerprint density at radius 2 is 0.694 bits per heavy atom. The van der Waals surface area contributed by atoms with Crippen molar-refractivity contribution in [1.82, 2.24) is 0 Å². The third-order valence-corrected chi connectivity index (χ3v) is 9.00. The highest BCUT2D eigenvalue weighted by Crippen LogP contribution is 2.64. The van der Waals surface area contributed by atoms with Crippen LogP contribution in [0.3, 0.4) is 0 Å². The Kier molecular flexibility index (Phi) is 2.20. The molecule has 0 saturated heterocycles. The van der Waals surface area contributed by atoms with Gasteiger partial charge in [0.25, 0.3) is 0 Å². The van der Waals surface area contributed by atoms with Crippen molar-refractivity contribution in [3.05, 3.63) is 204 Å². The molecule has 49 heavy (non-hydrogen) atoms. The predicted octanol–water partition coefficient (Wildman–Crippen LogP) is 12.8. The van der Waals surface area contributed by atoms with Crippen molar-refractivity contribution in [2.75, 3.05) is 0 Å². The van der Waals surface area contributed by atoms with E-state index in [0.717, 1.165) is 0 Å². The molecule has 11 rings (SSSR count). The fourth-order valence-electron chi connectivity index (χ4n) is 7.12. The van der Waals surface area contributed by atoms with E-state index in [2.05, 4.69) is 0 Å². The Hall–Kier alpha value is -6.24. The molecule has 9 aromatic carbocycles. The van der Waals surface area contributed by atoms with E-state index in [9.17, 15) is 21.9 Å². The summed E-state index contributed by atoms with van der Waals surface area (Å²) in [5.74, 6) is 0. The number of hydrogen-bond acceptors (Lipinski definition) is 0. The largest absolute Gasteiger partial charge is 0.0731 e. The molecule has 0 saturated carbocycles. The SMILES string of the molecule is [2H]c1c([2H])c(-c2c([2H])c([2H])c([2H])c3c2C2(c4c([2H])c([2H])c([2H])c([2H])c4-c4c([2H])c([2H])c([2H])c([2H])c42)c2c([2H])c([2H])c([2H])c([2H])c2-3)c([2H])c(-c2c([2H])c([2H])c3c4c([2H])c([2H])c([2H])c([2H])c4c4c([2H])c([2H])c([2H])c([2H])c4c3c2[2H])c1[2H]. The Balaban J connectivity index is 1.42. The second kappa shape index (κ2) is 9.89. The lowest BCUT2D eigenvalue weighted by Gasteiger charge is -2.32. The van der Waals surface area contributed by atoms with Gasteiger partial charge in [-0.05, 0) is 111 Å². The fourth-order valence-corrected chi connectivity index (χ4v) is 7.12. The van der Waals surface area contributed by atoms with Crippen molar-refractivity contribution >= 4 is 32.3 Å². The summed E-state index contributed by atoms with van der Waals surface area (Å²) in [7, 11) is 0.